The van der Waals surface area contributed by atoms with E-state index in [4.69, 9.17) is 22.4 Å². The Kier molecular flexibility index (Phi) is 5.19. The highest BCUT2D eigenvalue weighted by molar-refractivity contribution is 6.33. The molecule has 0 radical (unpaired) electrons. The van der Waals surface area contributed by atoms with Crippen LogP contribution in [0.2, 0.25) is 5.02 Å². The average molecular weight is 316 g/mol. The number of hydrogen-bond donors (Lipinski definition) is 2. The van der Waals surface area contributed by atoms with Gasteiger partial charge >= 0.3 is 11.7 Å². The van der Waals surface area contributed by atoms with Crippen molar-refractivity contribution < 1.29 is 24.4 Å². The van der Waals surface area contributed by atoms with Crippen LogP contribution in [0.4, 0.5) is 5.69 Å². The summed E-state index contributed by atoms with van der Waals surface area (Å²) in [6.07, 6.45) is 0. The van der Waals surface area contributed by atoms with Crippen LogP contribution in [0.25, 0.3) is 0 Å². The predicted octanol–water partition coefficient (Wildman–Crippen LogP) is 0.260. The summed E-state index contributed by atoms with van der Waals surface area (Å²) < 4.78 is 0. The van der Waals surface area contributed by atoms with Crippen molar-refractivity contribution in [1.29, 1.82) is 0 Å². The molecule has 0 unspecified atom stereocenters. The first-order chi connectivity index (χ1) is 9.73. The van der Waals surface area contributed by atoms with Crippen LogP contribution in [0.3, 0.4) is 0 Å². The zero-order valence-electron chi connectivity index (χ0n) is 10.5. The topological polar surface area (TPSA) is 144 Å². The molecule has 0 bridgehead atoms. The Balaban J connectivity index is 3.26. The number of halogens is 1. The Labute approximate surface area is 123 Å². The van der Waals surface area contributed by atoms with E-state index < -0.39 is 47.0 Å². The highest BCUT2D eigenvalue weighted by Crippen LogP contribution is 2.29. The molecule has 1 aromatic carbocycles. The summed E-state index contributed by atoms with van der Waals surface area (Å²) in [7, 11) is 0. The molecule has 21 heavy (non-hydrogen) atoms. The van der Waals surface area contributed by atoms with Gasteiger partial charge < -0.3 is 15.7 Å². The van der Waals surface area contributed by atoms with E-state index in [9.17, 15) is 24.5 Å². The summed E-state index contributed by atoms with van der Waals surface area (Å²) in [5.74, 6) is -3.37. The summed E-state index contributed by atoms with van der Waals surface area (Å²) in [5, 5.41) is 19.4. The third-order valence-electron chi connectivity index (χ3n) is 2.36. The maximum Gasteiger partial charge on any atom is 0.323 e. The molecule has 0 aromatic heterocycles. The molecule has 9 nitrogen and oxygen atoms in total. The number of para-hydroxylation sites is 1. The number of nitrogens with two attached hydrogens (primary N) is 1. The second kappa shape index (κ2) is 6.66. The first-order valence-corrected chi connectivity index (χ1v) is 5.84. The number of hydrogen-bond acceptors (Lipinski definition) is 5. The van der Waals surface area contributed by atoms with Gasteiger partial charge in [-0.25, -0.2) is 0 Å². The first-order valence-electron chi connectivity index (χ1n) is 5.46. The number of carboxylic acid groups (broad SMARTS) is 1. The molecular weight excluding hydrogens is 306 g/mol. The molecule has 0 saturated heterocycles. The number of primary amides is 1. The molecule has 1 aromatic rings. The molecule has 0 aliphatic rings. The number of nitro benzene ring substituents is 1. The largest absolute Gasteiger partial charge is 0.480 e. The van der Waals surface area contributed by atoms with Gasteiger partial charge in [0.2, 0.25) is 5.91 Å². The first kappa shape index (κ1) is 16.4. The fraction of sp³-hybridized carbons (Fsp3) is 0.182. The van der Waals surface area contributed by atoms with Crippen molar-refractivity contribution in [2.75, 3.05) is 13.1 Å². The molecule has 112 valence electrons. The van der Waals surface area contributed by atoms with Crippen LogP contribution < -0.4 is 5.73 Å². The van der Waals surface area contributed by atoms with Gasteiger partial charge in [-0.3, -0.25) is 24.5 Å². The number of rotatable bonds is 6. The molecule has 0 spiro atoms. The molecule has 0 aliphatic carbocycles. The molecule has 2 amide bonds. The minimum absolute atomic E-state index is 0.278. The second-order valence-electron chi connectivity index (χ2n) is 3.91. The molecule has 1 rings (SSSR count). The number of nitro groups is 1. The lowest BCUT2D eigenvalue weighted by Gasteiger charge is -2.19. The molecule has 3 N–H and O–H groups in total. The Morgan fingerprint density at radius 3 is 2.43 bits per heavy atom. The molecule has 10 heteroatoms. The molecule has 0 heterocycles. The van der Waals surface area contributed by atoms with Crippen LogP contribution in [0.1, 0.15) is 10.4 Å². The molecule has 0 saturated carbocycles. The van der Waals surface area contributed by atoms with Gasteiger partial charge in [-0.15, -0.1) is 0 Å². The number of aliphatic carboxylic acids is 1. The quantitative estimate of drug-likeness (QED) is 0.569. The van der Waals surface area contributed by atoms with Gasteiger partial charge in [-0.05, 0) is 12.1 Å². The van der Waals surface area contributed by atoms with Crippen LogP contribution >= 0.6 is 11.6 Å². The number of nitrogens with zero attached hydrogens (tertiary/aromatic N) is 2. The Hall–Kier alpha value is -2.68. The number of carbonyl (C=O) groups excluding carboxylic acids is 2. The molecular formula is C11H10ClN3O6. The average Bonchev–Trinajstić information content (AvgIpc) is 2.35. The Bertz CT molecular complexity index is 602. The normalized spacial score (nSPS) is 9.95. The van der Waals surface area contributed by atoms with Gasteiger partial charge in [0.1, 0.15) is 23.7 Å². The SMILES string of the molecule is NC(=O)CN(CC(=O)O)C(=O)c1cccc(Cl)c1[N+](=O)[O-]. The third kappa shape index (κ3) is 4.14. The van der Waals surface area contributed by atoms with Crippen LogP contribution in [-0.2, 0) is 9.59 Å². The zero-order chi connectivity index (χ0) is 16.2. The van der Waals surface area contributed by atoms with E-state index in [1.165, 1.54) is 12.1 Å². The predicted molar refractivity (Wildman–Crippen MR) is 70.8 cm³/mol. The lowest BCUT2D eigenvalue weighted by Crippen LogP contribution is -2.41. The van der Waals surface area contributed by atoms with E-state index in [1.807, 2.05) is 0 Å². The fourth-order valence-corrected chi connectivity index (χ4v) is 1.84. The number of carbonyl (C=O) groups is 3. The van der Waals surface area contributed by atoms with E-state index in [-0.39, 0.29) is 5.02 Å². The molecule has 0 atom stereocenters. The monoisotopic (exact) mass is 315 g/mol. The van der Waals surface area contributed by atoms with Crippen LogP contribution in [0.15, 0.2) is 18.2 Å². The van der Waals surface area contributed by atoms with E-state index in [1.54, 1.807) is 0 Å². The summed E-state index contributed by atoms with van der Waals surface area (Å²) in [6.45, 7) is -1.51. The number of benzene rings is 1. The molecule has 0 fully saturated rings. The Morgan fingerprint density at radius 1 is 1.33 bits per heavy atom. The zero-order valence-corrected chi connectivity index (χ0v) is 11.2. The van der Waals surface area contributed by atoms with Crippen molar-refractivity contribution in [1.82, 2.24) is 4.90 Å². The van der Waals surface area contributed by atoms with Gasteiger partial charge in [0, 0.05) is 0 Å². The standard InChI is InChI=1S/C11H10ClN3O6/c12-7-3-1-2-6(10(7)15(20)21)11(19)14(4-8(13)16)5-9(17)18/h1-3H,4-5H2,(H2,13,16)(H,17,18). The fourth-order valence-electron chi connectivity index (χ4n) is 1.59. The van der Waals surface area contributed by atoms with Crippen LogP contribution in [-0.4, -0.2) is 45.8 Å². The van der Waals surface area contributed by atoms with Crippen molar-refractivity contribution >= 4 is 35.1 Å². The van der Waals surface area contributed by atoms with Gasteiger partial charge in [0.05, 0.1) is 4.92 Å². The lowest BCUT2D eigenvalue weighted by atomic mass is 10.1. The maximum atomic E-state index is 12.2. The second-order valence-corrected chi connectivity index (χ2v) is 4.32. The smallest absolute Gasteiger partial charge is 0.323 e. The van der Waals surface area contributed by atoms with E-state index in [0.717, 1.165) is 6.07 Å². The lowest BCUT2D eigenvalue weighted by molar-refractivity contribution is -0.385. The molecule has 0 aliphatic heterocycles. The highest BCUT2D eigenvalue weighted by Gasteiger charge is 2.28. The summed E-state index contributed by atoms with van der Waals surface area (Å²) in [4.78, 5) is 44.5. The van der Waals surface area contributed by atoms with E-state index in [2.05, 4.69) is 0 Å². The van der Waals surface area contributed by atoms with E-state index in [0.29, 0.717) is 4.90 Å². The van der Waals surface area contributed by atoms with Crippen molar-refractivity contribution in [2.24, 2.45) is 5.73 Å². The van der Waals surface area contributed by atoms with E-state index >= 15 is 0 Å². The van der Waals surface area contributed by atoms with Crippen LogP contribution in [0.5, 0.6) is 0 Å². The van der Waals surface area contributed by atoms with Gasteiger partial charge in [-0.1, -0.05) is 17.7 Å². The summed E-state index contributed by atoms with van der Waals surface area (Å²) in [5.41, 5.74) is 3.84. The third-order valence-corrected chi connectivity index (χ3v) is 2.66. The van der Waals surface area contributed by atoms with Crippen molar-refractivity contribution in [2.45, 2.75) is 0 Å². The number of amides is 2. The number of carboxylic acids is 1. The van der Waals surface area contributed by atoms with Gasteiger partial charge in [-0.2, -0.15) is 0 Å². The minimum atomic E-state index is -1.39. The van der Waals surface area contributed by atoms with Gasteiger partial charge in [0.25, 0.3) is 5.91 Å². The van der Waals surface area contributed by atoms with Crippen molar-refractivity contribution in [3.63, 3.8) is 0 Å². The summed E-state index contributed by atoms with van der Waals surface area (Å²) >= 11 is 5.66. The van der Waals surface area contributed by atoms with Gasteiger partial charge in [0.15, 0.2) is 0 Å². The van der Waals surface area contributed by atoms with Crippen LogP contribution in [0, 0.1) is 10.1 Å². The Morgan fingerprint density at radius 2 is 1.95 bits per heavy atom. The van der Waals surface area contributed by atoms with Crippen molar-refractivity contribution in [3.8, 4) is 0 Å². The van der Waals surface area contributed by atoms with Crippen molar-refractivity contribution in [3.05, 3.63) is 38.9 Å². The maximum absolute atomic E-state index is 12.2. The highest BCUT2D eigenvalue weighted by atomic mass is 35.5. The minimum Gasteiger partial charge on any atom is -0.480 e. The summed E-state index contributed by atoms with van der Waals surface area (Å²) in [6, 6.07) is 3.63.